The number of rotatable bonds is 4. The number of nitriles is 1. The first-order valence-electron chi connectivity index (χ1n) is 6.53. The Bertz CT molecular complexity index is 397. The molecule has 0 aliphatic carbocycles. The number of thiophene rings is 1. The van der Waals surface area contributed by atoms with Crippen molar-refractivity contribution in [1.82, 2.24) is 9.80 Å². The molecule has 1 saturated heterocycles. The Morgan fingerprint density at radius 1 is 1.33 bits per heavy atom. The predicted octanol–water partition coefficient (Wildman–Crippen LogP) is 2.21. The van der Waals surface area contributed by atoms with Crippen molar-refractivity contribution < 1.29 is 0 Å². The summed E-state index contributed by atoms with van der Waals surface area (Å²) in [7, 11) is 0. The van der Waals surface area contributed by atoms with E-state index in [1.165, 1.54) is 4.88 Å². The fourth-order valence-electron chi connectivity index (χ4n) is 2.32. The van der Waals surface area contributed by atoms with E-state index >= 15 is 0 Å². The van der Waals surface area contributed by atoms with Crippen LogP contribution >= 0.6 is 11.3 Å². The summed E-state index contributed by atoms with van der Waals surface area (Å²) in [4.78, 5) is 6.26. The van der Waals surface area contributed by atoms with Crippen LogP contribution in [0.25, 0.3) is 0 Å². The van der Waals surface area contributed by atoms with Gasteiger partial charge in [0, 0.05) is 37.6 Å². The van der Waals surface area contributed by atoms with Gasteiger partial charge in [-0.3, -0.25) is 4.90 Å². The van der Waals surface area contributed by atoms with E-state index in [0.717, 1.165) is 39.1 Å². The highest BCUT2D eigenvalue weighted by atomic mass is 32.1. The molecular formula is C14H21N3S. The zero-order valence-electron chi connectivity index (χ0n) is 11.2. The van der Waals surface area contributed by atoms with Gasteiger partial charge in [-0.25, -0.2) is 0 Å². The van der Waals surface area contributed by atoms with Crippen LogP contribution in [0.4, 0.5) is 0 Å². The van der Waals surface area contributed by atoms with E-state index < -0.39 is 0 Å². The standard InChI is InChI=1S/C14H21N3S/c1-14(2,12-15)17-9-7-16(8-10-17)6-5-13-4-3-11-18-13/h3-4,11H,5-10H2,1-2H3. The van der Waals surface area contributed by atoms with E-state index in [2.05, 4.69) is 33.4 Å². The molecule has 0 radical (unpaired) electrons. The minimum Gasteiger partial charge on any atom is -0.300 e. The lowest BCUT2D eigenvalue weighted by Gasteiger charge is -2.40. The molecule has 3 nitrogen and oxygen atoms in total. The maximum absolute atomic E-state index is 9.14. The summed E-state index contributed by atoms with van der Waals surface area (Å²) in [5.74, 6) is 0. The number of piperazine rings is 1. The first-order valence-corrected chi connectivity index (χ1v) is 7.41. The number of hydrogen-bond acceptors (Lipinski definition) is 4. The van der Waals surface area contributed by atoms with Crippen molar-refractivity contribution in [3.8, 4) is 6.07 Å². The molecule has 0 amide bonds. The number of hydrogen-bond donors (Lipinski definition) is 0. The average molecular weight is 263 g/mol. The van der Waals surface area contributed by atoms with Gasteiger partial charge in [0.05, 0.1) is 6.07 Å². The maximum atomic E-state index is 9.14. The zero-order chi connectivity index (χ0) is 13.0. The summed E-state index contributed by atoms with van der Waals surface area (Å²) in [6.45, 7) is 9.33. The molecule has 2 rings (SSSR count). The molecule has 1 aromatic rings. The van der Waals surface area contributed by atoms with Gasteiger partial charge in [-0.1, -0.05) is 6.07 Å². The van der Waals surface area contributed by atoms with Crippen LogP contribution in [0.5, 0.6) is 0 Å². The number of nitrogens with zero attached hydrogens (tertiary/aromatic N) is 3. The molecule has 0 aromatic carbocycles. The molecule has 0 bridgehead atoms. The second kappa shape index (κ2) is 5.83. The van der Waals surface area contributed by atoms with Crippen LogP contribution in [-0.4, -0.2) is 48.1 Å². The van der Waals surface area contributed by atoms with Crippen molar-refractivity contribution >= 4 is 11.3 Å². The Morgan fingerprint density at radius 3 is 2.61 bits per heavy atom. The van der Waals surface area contributed by atoms with Gasteiger partial charge in [0.1, 0.15) is 5.54 Å². The lowest BCUT2D eigenvalue weighted by atomic mass is 10.0. The van der Waals surface area contributed by atoms with Crippen molar-refractivity contribution in [3.05, 3.63) is 22.4 Å². The van der Waals surface area contributed by atoms with Crippen molar-refractivity contribution in [1.29, 1.82) is 5.26 Å². The molecule has 0 N–H and O–H groups in total. The van der Waals surface area contributed by atoms with E-state index in [-0.39, 0.29) is 5.54 Å². The predicted molar refractivity (Wildman–Crippen MR) is 75.7 cm³/mol. The Labute approximate surface area is 114 Å². The van der Waals surface area contributed by atoms with Crippen LogP contribution in [0.3, 0.4) is 0 Å². The Balaban J connectivity index is 1.75. The summed E-state index contributed by atoms with van der Waals surface area (Å²) in [5, 5.41) is 11.3. The Kier molecular flexibility index (Phi) is 4.39. The quantitative estimate of drug-likeness (QED) is 0.834. The summed E-state index contributed by atoms with van der Waals surface area (Å²) < 4.78 is 0. The molecule has 18 heavy (non-hydrogen) atoms. The fraction of sp³-hybridized carbons (Fsp3) is 0.643. The Hall–Kier alpha value is -0.890. The highest BCUT2D eigenvalue weighted by molar-refractivity contribution is 7.09. The highest BCUT2D eigenvalue weighted by Crippen LogP contribution is 2.16. The summed E-state index contributed by atoms with van der Waals surface area (Å²) in [6.07, 6.45) is 1.15. The van der Waals surface area contributed by atoms with Gasteiger partial charge in [0.25, 0.3) is 0 Å². The van der Waals surface area contributed by atoms with Crippen molar-refractivity contribution in [3.63, 3.8) is 0 Å². The smallest absolute Gasteiger partial charge is 0.103 e. The molecule has 0 unspecified atom stereocenters. The van der Waals surface area contributed by atoms with E-state index in [1.807, 2.05) is 25.2 Å². The molecule has 0 atom stereocenters. The topological polar surface area (TPSA) is 30.3 Å². The lowest BCUT2D eigenvalue weighted by Crippen LogP contribution is -2.54. The van der Waals surface area contributed by atoms with E-state index in [4.69, 9.17) is 5.26 Å². The Morgan fingerprint density at radius 2 is 2.06 bits per heavy atom. The maximum Gasteiger partial charge on any atom is 0.103 e. The van der Waals surface area contributed by atoms with Crippen molar-refractivity contribution in [2.24, 2.45) is 0 Å². The summed E-state index contributed by atoms with van der Waals surface area (Å²) in [5.41, 5.74) is -0.320. The molecule has 98 valence electrons. The molecule has 2 heterocycles. The molecule has 4 heteroatoms. The van der Waals surface area contributed by atoms with Gasteiger partial charge >= 0.3 is 0 Å². The van der Waals surface area contributed by atoms with E-state index in [1.54, 1.807) is 0 Å². The average Bonchev–Trinajstić information content (AvgIpc) is 2.90. The van der Waals surface area contributed by atoms with Gasteiger partial charge in [-0.2, -0.15) is 5.26 Å². The van der Waals surface area contributed by atoms with Gasteiger partial charge in [-0.05, 0) is 31.7 Å². The first-order chi connectivity index (χ1) is 8.62. The highest BCUT2D eigenvalue weighted by Gasteiger charge is 2.29. The third-order valence-corrected chi connectivity index (χ3v) is 4.63. The molecular weight excluding hydrogens is 242 g/mol. The second-order valence-electron chi connectivity index (χ2n) is 5.33. The monoisotopic (exact) mass is 263 g/mol. The van der Waals surface area contributed by atoms with Gasteiger partial charge in [0.2, 0.25) is 0 Å². The third-order valence-electron chi connectivity index (χ3n) is 3.69. The van der Waals surface area contributed by atoms with E-state index in [9.17, 15) is 0 Å². The van der Waals surface area contributed by atoms with Crippen molar-refractivity contribution in [2.75, 3.05) is 32.7 Å². The van der Waals surface area contributed by atoms with Crippen LogP contribution in [0.15, 0.2) is 17.5 Å². The minimum absolute atomic E-state index is 0.320. The zero-order valence-corrected chi connectivity index (χ0v) is 12.0. The molecule has 1 aliphatic rings. The summed E-state index contributed by atoms with van der Waals surface area (Å²) >= 11 is 1.84. The van der Waals surface area contributed by atoms with E-state index in [0.29, 0.717) is 0 Å². The largest absolute Gasteiger partial charge is 0.300 e. The third kappa shape index (κ3) is 3.32. The second-order valence-corrected chi connectivity index (χ2v) is 6.36. The van der Waals surface area contributed by atoms with Gasteiger partial charge in [0.15, 0.2) is 0 Å². The minimum atomic E-state index is -0.320. The fourth-order valence-corrected chi connectivity index (χ4v) is 3.02. The SMILES string of the molecule is CC(C)(C#N)N1CCN(CCc2cccs2)CC1. The van der Waals surface area contributed by atoms with Gasteiger partial charge < -0.3 is 4.90 Å². The molecule has 1 fully saturated rings. The normalized spacial score (nSPS) is 18.7. The van der Waals surface area contributed by atoms with Gasteiger partial charge in [-0.15, -0.1) is 11.3 Å². The lowest BCUT2D eigenvalue weighted by molar-refractivity contribution is 0.0809. The first kappa shape index (κ1) is 13.5. The van der Waals surface area contributed by atoms with Crippen LogP contribution in [0, 0.1) is 11.3 Å². The van der Waals surface area contributed by atoms with Crippen LogP contribution < -0.4 is 0 Å². The van der Waals surface area contributed by atoms with Crippen molar-refractivity contribution in [2.45, 2.75) is 25.8 Å². The molecule has 0 spiro atoms. The summed E-state index contributed by atoms with van der Waals surface area (Å²) in [6, 6.07) is 6.72. The molecule has 0 saturated carbocycles. The molecule has 1 aliphatic heterocycles. The molecule has 1 aromatic heterocycles. The van der Waals surface area contributed by atoms with Crippen LogP contribution in [0.2, 0.25) is 0 Å². The van der Waals surface area contributed by atoms with Crippen LogP contribution in [0.1, 0.15) is 18.7 Å². The van der Waals surface area contributed by atoms with Crippen LogP contribution in [-0.2, 0) is 6.42 Å².